The first kappa shape index (κ1) is 9.86. The summed E-state index contributed by atoms with van der Waals surface area (Å²) in [6.45, 7) is 0. The van der Waals surface area contributed by atoms with Gasteiger partial charge < -0.3 is 0 Å². The van der Waals surface area contributed by atoms with Crippen LogP contribution in [0.15, 0.2) is 22.4 Å². The lowest BCUT2D eigenvalue weighted by atomic mass is 10.1. The summed E-state index contributed by atoms with van der Waals surface area (Å²) in [7, 11) is 0. The first-order chi connectivity index (χ1) is 6.59. The highest BCUT2D eigenvalue weighted by atomic mass is 32.1. The summed E-state index contributed by atoms with van der Waals surface area (Å²) in [5.74, 6) is -0.608. The van der Waals surface area contributed by atoms with E-state index in [9.17, 15) is 13.2 Å². The Kier molecular flexibility index (Phi) is 2.45. The smallest absolute Gasteiger partial charge is 0.205 e. The van der Waals surface area contributed by atoms with Crippen LogP contribution in [0.4, 0.5) is 13.2 Å². The fourth-order valence-electron chi connectivity index (χ4n) is 1.23. The van der Waals surface area contributed by atoms with Gasteiger partial charge in [0.05, 0.1) is 4.70 Å². The zero-order chi connectivity index (χ0) is 10.3. The highest BCUT2D eigenvalue weighted by Gasteiger charge is 2.13. The quantitative estimate of drug-likeness (QED) is 0.700. The number of alkyl halides is 2. The molecule has 1 heterocycles. The van der Waals surface area contributed by atoms with E-state index in [0.717, 1.165) is 17.4 Å². The average molecular weight is 234 g/mol. The van der Waals surface area contributed by atoms with Gasteiger partial charge in [-0.15, -0.1) is 24.0 Å². The molecule has 2 rings (SSSR count). The summed E-state index contributed by atoms with van der Waals surface area (Å²) in [6, 6.07) is 2.15. The van der Waals surface area contributed by atoms with E-state index in [1.54, 1.807) is 5.38 Å². The van der Waals surface area contributed by atoms with Gasteiger partial charge in [-0.3, -0.25) is 0 Å². The lowest BCUT2D eigenvalue weighted by Gasteiger charge is -2.01. The van der Waals surface area contributed by atoms with Crippen molar-refractivity contribution in [2.75, 3.05) is 0 Å². The van der Waals surface area contributed by atoms with Crippen molar-refractivity contribution in [2.24, 2.45) is 0 Å². The summed E-state index contributed by atoms with van der Waals surface area (Å²) < 4.78 is 38.3. The van der Waals surface area contributed by atoms with Gasteiger partial charge in [0.1, 0.15) is 5.82 Å². The SMILES string of the molecule is Fc1cc(C(F)F)cc2c(S)csc12. The predicted octanol–water partition coefficient (Wildman–Crippen LogP) is 4.27. The molecule has 0 spiro atoms. The maximum Gasteiger partial charge on any atom is 0.263 e. The molecule has 0 aliphatic carbocycles. The van der Waals surface area contributed by atoms with Gasteiger partial charge in [-0.05, 0) is 12.1 Å². The van der Waals surface area contributed by atoms with Crippen molar-refractivity contribution >= 4 is 34.1 Å². The van der Waals surface area contributed by atoms with Crippen molar-refractivity contribution in [3.63, 3.8) is 0 Å². The molecule has 0 bridgehead atoms. The second-order valence-corrected chi connectivity index (χ2v) is 4.16. The summed E-state index contributed by atoms with van der Waals surface area (Å²) in [5.41, 5.74) is -0.302. The molecule has 0 saturated heterocycles. The van der Waals surface area contributed by atoms with Crippen molar-refractivity contribution in [3.05, 3.63) is 28.9 Å². The minimum atomic E-state index is -2.65. The number of hydrogen-bond acceptors (Lipinski definition) is 2. The monoisotopic (exact) mass is 234 g/mol. The van der Waals surface area contributed by atoms with Crippen LogP contribution >= 0.6 is 24.0 Å². The minimum absolute atomic E-state index is 0.302. The molecule has 0 saturated carbocycles. The summed E-state index contributed by atoms with van der Waals surface area (Å²) >= 11 is 5.23. The molecule has 0 fully saturated rings. The Morgan fingerprint density at radius 3 is 2.64 bits per heavy atom. The average Bonchev–Trinajstić information content (AvgIpc) is 2.48. The van der Waals surface area contributed by atoms with E-state index < -0.39 is 12.2 Å². The van der Waals surface area contributed by atoms with Gasteiger partial charge in [0.15, 0.2) is 0 Å². The molecule has 1 aromatic heterocycles. The largest absolute Gasteiger partial charge is 0.263 e. The second kappa shape index (κ2) is 3.47. The Hall–Kier alpha value is -0.680. The first-order valence-electron chi connectivity index (χ1n) is 3.77. The Balaban J connectivity index is 2.75. The second-order valence-electron chi connectivity index (χ2n) is 2.80. The van der Waals surface area contributed by atoms with Crippen LogP contribution in [0, 0.1) is 5.82 Å². The van der Waals surface area contributed by atoms with Crippen LogP contribution in [0.3, 0.4) is 0 Å². The lowest BCUT2D eigenvalue weighted by Crippen LogP contribution is -1.86. The van der Waals surface area contributed by atoms with Crippen LogP contribution in [-0.2, 0) is 0 Å². The van der Waals surface area contributed by atoms with Gasteiger partial charge in [-0.1, -0.05) is 0 Å². The molecule has 1 aromatic carbocycles. The van der Waals surface area contributed by atoms with Crippen LogP contribution < -0.4 is 0 Å². The van der Waals surface area contributed by atoms with Crippen LogP contribution in [0.25, 0.3) is 10.1 Å². The standard InChI is InChI=1S/C9H5F3S2/c10-6-2-4(9(11)12)1-5-7(13)3-14-8(5)6/h1-3,9,13H. The molecule has 0 N–H and O–H groups in total. The summed E-state index contributed by atoms with van der Waals surface area (Å²) in [5, 5.41) is 2.08. The first-order valence-corrected chi connectivity index (χ1v) is 5.10. The van der Waals surface area contributed by atoms with Crippen LogP contribution in [0.5, 0.6) is 0 Å². The molecule has 2 aromatic rings. The van der Waals surface area contributed by atoms with Crippen molar-refractivity contribution in [1.82, 2.24) is 0 Å². The fourth-order valence-corrected chi connectivity index (χ4v) is 2.46. The van der Waals surface area contributed by atoms with Gasteiger partial charge in [-0.25, -0.2) is 13.2 Å². The Morgan fingerprint density at radius 2 is 2.00 bits per heavy atom. The maximum atomic E-state index is 13.3. The van der Waals surface area contributed by atoms with E-state index in [-0.39, 0.29) is 5.56 Å². The number of hydrogen-bond donors (Lipinski definition) is 1. The number of rotatable bonds is 1. The number of thiol groups is 1. The van der Waals surface area contributed by atoms with Gasteiger partial charge in [0.2, 0.25) is 0 Å². The molecule has 5 heteroatoms. The fraction of sp³-hybridized carbons (Fsp3) is 0.111. The van der Waals surface area contributed by atoms with Crippen LogP contribution in [-0.4, -0.2) is 0 Å². The van der Waals surface area contributed by atoms with Crippen molar-refractivity contribution < 1.29 is 13.2 Å². The molecule has 0 unspecified atom stereocenters. The molecule has 14 heavy (non-hydrogen) atoms. The molecule has 0 radical (unpaired) electrons. The van der Waals surface area contributed by atoms with Gasteiger partial charge in [-0.2, -0.15) is 0 Å². The highest BCUT2D eigenvalue weighted by Crippen LogP contribution is 2.34. The molecular formula is C9H5F3S2. The topological polar surface area (TPSA) is 0 Å². The third kappa shape index (κ3) is 1.50. The highest BCUT2D eigenvalue weighted by molar-refractivity contribution is 7.80. The van der Waals surface area contributed by atoms with Gasteiger partial charge in [0, 0.05) is 21.2 Å². The molecule has 74 valence electrons. The normalized spacial score (nSPS) is 11.5. The third-order valence-corrected chi connectivity index (χ3v) is 3.43. The number of fused-ring (bicyclic) bond motifs is 1. The van der Waals surface area contributed by atoms with E-state index in [4.69, 9.17) is 0 Å². The molecule has 0 aliphatic rings. The molecule has 0 aliphatic heterocycles. The third-order valence-electron chi connectivity index (χ3n) is 1.88. The van der Waals surface area contributed by atoms with Crippen molar-refractivity contribution in [2.45, 2.75) is 11.3 Å². The minimum Gasteiger partial charge on any atom is -0.205 e. The van der Waals surface area contributed by atoms with Crippen LogP contribution in [0.2, 0.25) is 0 Å². The molecular weight excluding hydrogens is 229 g/mol. The molecule has 0 nitrogen and oxygen atoms in total. The lowest BCUT2D eigenvalue weighted by molar-refractivity contribution is 0.151. The summed E-state index contributed by atoms with van der Waals surface area (Å²) in [4.78, 5) is 0.534. The number of halogens is 3. The van der Waals surface area contributed by atoms with E-state index >= 15 is 0 Å². The van der Waals surface area contributed by atoms with E-state index in [0.29, 0.717) is 15.0 Å². The van der Waals surface area contributed by atoms with Gasteiger partial charge in [0.25, 0.3) is 6.43 Å². The van der Waals surface area contributed by atoms with E-state index in [2.05, 4.69) is 12.6 Å². The van der Waals surface area contributed by atoms with Gasteiger partial charge >= 0.3 is 0 Å². The van der Waals surface area contributed by atoms with E-state index in [1.807, 2.05) is 0 Å². The molecule has 0 atom stereocenters. The Morgan fingerprint density at radius 1 is 1.29 bits per heavy atom. The van der Waals surface area contributed by atoms with Crippen molar-refractivity contribution in [1.29, 1.82) is 0 Å². The zero-order valence-corrected chi connectivity index (χ0v) is 8.51. The Labute approximate surface area is 87.8 Å². The summed E-state index contributed by atoms with van der Waals surface area (Å²) in [6.07, 6.45) is -2.65. The zero-order valence-electron chi connectivity index (χ0n) is 6.80. The number of benzene rings is 1. The molecule has 0 amide bonds. The van der Waals surface area contributed by atoms with E-state index in [1.165, 1.54) is 6.07 Å². The maximum absolute atomic E-state index is 13.3. The Bertz CT molecular complexity index is 476. The van der Waals surface area contributed by atoms with Crippen molar-refractivity contribution in [3.8, 4) is 0 Å². The van der Waals surface area contributed by atoms with Crippen LogP contribution in [0.1, 0.15) is 12.0 Å². The predicted molar refractivity (Wildman–Crippen MR) is 54.0 cm³/mol. The number of thiophene rings is 1.